The quantitative estimate of drug-likeness (QED) is 0.0222. The highest BCUT2D eigenvalue weighted by Crippen LogP contribution is 2.45. The highest BCUT2D eigenvalue weighted by atomic mass is 31.2. The normalized spacial score (nSPS) is 14.3. The first kappa shape index (κ1) is 96.1. The maximum absolute atomic E-state index is 13.1. The molecule has 0 aromatic carbocycles. The molecule has 0 aliphatic heterocycles. The number of hydrogen-bond donors (Lipinski definition) is 3. The van der Waals surface area contributed by atoms with Gasteiger partial charge in [0.05, 0.1) is 26.4 Å². The van der Waals surface area contributed by atoms with E-state index in [0.29, 0.717) is 25.7 Å². The molecular formula is C79H154O17P2. The first-order valence-corrected chi connectivity index (χ1v) is 43.7. The van der Waals surface area contributed by atoms with Crippen molar-refractivity contribution in [2.75, 3.05) is 39.6 Å². The van der Waals surface area contributed by atoms with Gasteiger partial charge in [0.15, 0.2) is 12.2 Å². The molecule has 0 spiro atoms. The molecule has 0 heterocycles. The number of carbonyl (C=O) groups is 4. The number of rotatable bonds is 76. The van der Waals surface area contributed by atoms with Gasteiger partial charge in [-0.25, -0.2) is 9.13 Å². The average Bonchev–Trinajstić information content (AvgIpc) is 1.10. The van der Waals surface area contributed by atoms with Gasteiger partial charge in [-0.05, 0) is 49.4 Å². The Labute approximate surface area is 600 Å². The molecule has 0 aromatic heterocycles. The Hall–Kier alpha value is -1.94. The number of phosphoric ester groups is 2. The molecule has 17 nitrogen and oxygen atoms in total. The molecule has 0 saturated carbocycles. The summed E-state index contributed by atoms with van der Waals surface area (Å²) in [6.45, 7) is 14.2. The second-order valence-electron chi connectivity index (χ2n) is 30.1. The molecule has 582 valence electrons. The number of aliphatic hydroxyl groups is 1. The molecule has 0 rings (SSSR count). The molecule has 0 radical (unpaired) electrons. The summed E-state index contributed by atoms with van der Waals surface area (Å²) in [4.78, 5) is 73.0. The second-order valence-corrected chi connectivity index (χ2v) is 33.0. The molecule has 98 heavy (non-hydrogen) atoms. The van der Waals surface area contributed by atoms with Crippen molar-refractivity contribution in [3.63, 3.8) is 0 Å². The molecule has 0 aromatic rings. The number of hydrogen-bond acceptors (Lipinski definition) is 15. The zero-order chi connectivity index (χ0) is 72.4. The van der Waals surface area contributed by atoms with Crippen molar-refractivity contribution >= 4 is 39.5 Å². The van der Waals surface area contributed by atoms with Crippen molar-refractivity contribution in [1.82, 2.24) is 0 Å². The lowest BCUT2D eigenvalue weighted by Crippen LogP contribution is -2.30. The van der Waals surface area contributed by atoms with Crippen LogP contribution in [0.1, 0.15) is 402 Å². The summed E-state index contributed by atoms with van der Waals surface area (Å²) in [6.07, 6.45) is 54.1. The van der Waals surface area contributed by atoms with Crippen LogP contribution in [0.2, 0.25) is 0 Å². The van der Waals surface area contributed by atoms with Crippen molar-refractivity contribution in [2.45, 2.75) is 420 Å². The van der Waals surface area contributed by atoms with Crippen LogP contribution in [-0.4, -0.2) is 96.7 Å². The Morgan fingerprint density at radius 3 is 0.724 bits per heavy atom. The Kier molecular flexibility index (Phi) is 66.8. The fourth-order valence-electron chi connectivity index (χ4n) is 12.0. The van der Waals surface area contributed by atoms with Gasteiger partial charge < -0.3 is 33.8 Å². The van der Waals surface area contributed by atoms with Crippen LogP contribution >= 0.6 is 15.6 Å². The molecule has 0 aliphatic rings. The lowest BCUT2D eigenvalue weighted by atomic mass is 10.00. The van der Waals surface area contributed by atoms with Gasteiger partial charge in [-0.3, -0.25) is 37.3 Å². The van der Waals surface area contributed by atoms with E-state index < -0.39 is 97.5 Å². The molecule has 0 aliphatic carbocycles. The van der Waals surface area contributed by atoms with Crippen LogP contribution in [0, 0.1) is 23.7 Å². The van der Waals surface area contributed by atoms with Gasteiger partial charge in [0.25, 0.3) is 0 Å². The molecule has 0 amide bonds. The third-order valence-corrected chi connectivity index (χ3v) is 20.6. The fraction of sp³-hybridized carbons (Fsp3) is 0.949. The van der Waals surface area contributed by atoms with E-state index >= 15 is 0 Å². The average molecular weight is 1440 g/mol. The van der Waals surface area contributed by atoms with Crippen molar-refractivity contribution < 1.29 is 80.2 Å². The Morgan fingerprint density at radius 1 is 0.286 bits per heavy atom. The zero-order valence-corrected chi connectivity index (χ0v) is 66.2. The first-order valence-electron chi connectivity index (χ1n) is 40.7. The van der Waals surface area contributed by atoms with E-state index in [4.69, 9.17) is 37.0 Å². The van der Waals surface area contributed by atoms with E-state index in [1.165, 1.54) is 199 Å². The summed E-state index contributed by atoms with van der Waals surface area (Å²) >= 11 is 0. The third-order valence-electron chi connectivity index (χ3n) is 18.7. The predicted molar refractivity (Wildman–Crippen MR) is 400 cm³/mol. The number of unbranched alkanes of at least 4 members (excludes halogenated alkanes) is 41. The highest BCUT2D eigenvalue weighted by Gasteiger charge is 2.30. The van der Waals surface area contributed by atoms with Crippen molar-refractivity contribution in [1.29, 1.82) is 0 Å². The van der Waals surface area contributed by atoms with Crippen molar-refractivity contribution in [2.24, 2.45) is 23.7 Å². The Morgan fingerprint density at radius 2 is 0.490 bits per heavy atom. The summed E-state index contributed by atoms with van der Waals surface area (Å²) in [5, 5.41) is 10.6. The van der Waals surface area contributed by atoms with Gasteiger partial charge in [-0.1, -0.05) is 351 Å². The van der Waals surface area contributed by atoms with Crippen LogP contribution < -0.4 is 0 Å². The minimum atomic E-state index is -4.96. The Bertz CT molecular complexity index is 1920. The van der Waals surface area contributed by atoms with Crippen LogP contribution in [0.15, 0.2) is 0 Å². The van der Waals surface area contributed by atoms with E-state index in [1.807, 2.05) is 0 Å². The maximum atomic E-state index is 13.1. The predicted octanol–water partition coefficient (Wildman–Crippen LogP) is 23.2. The number of ether oxygens (including phenoxy) is 4. The summed E-state index contributed by atoms with van der Waals surface area (Å²) < 4.78 is 68.7. The summed E-state index contributed by atoms with van der Waals surface area (Å²) in [5.41, 5.74) is 0. The second kappa shape index (κ2) is 68.2. The molecule has 0 saturated heterocycles. The molecule has 0 bridgehead atoms. The third kappa shape index (κ3) is 71.1. The molecular weight excluding hydrogens is 1280 g/mol. The molecule has 0 fully saturated rings. The lowest BCUT2D eigenvalue weighted by Gasteiger charge is -2.21. The van der Waals surface area contributed by atoms with E-state index in [9.17, 15) is 43.2 Å². The van der Waals surface area contributed by atoms with Gasteiger partial charge in [0.1, 0.15) is 19.3 Å². The molecule has 19 heteroatoms. The van der Waals surface area contributed by atoms with Crippen LogP contribution in [-0.2, 0) is 65.4 Å². The summed E-state index contributed by atoms with van der Waals surface area (Å²) in [7, 11) is -9.92. The standard InChI is InChI=1S/C79H154O17P2/c1-9-72(8)58-50-42-37-38-44-52-60-77(82)90-66-75(96-79(84)61-53-45-35-29-23-16-12-14-20-26-32-40-48-56-70(4)5)68-94-98(87,88)92-64-73(80)63-91-97(85,86)93-67-74(95-78(83)62-54-46-36-30-24-18-17-21-27-33-41-49-57-71(6)7)65-89-76(81)59-51-43-34-28-22-15-11-10-13-19-25-31-39-47-55-69(2)3/h69-75,80H,9-68H2,1-8H3,(H,85,86)(H,87,88)/t72?,73-,74-,75-/m1/s1. The van der Waals surface area contributed by atoms with Gasteiger partial charge in [0.2, 0.25) is 0 Å². The van der Waals surface area contributed by atoms with Crippen LogP contribution in [0.5, 0.6) is 0 Å². The molecule has 3 N–H and O–H groups in total. The summed E-state index contributed by atoms with van der Waals surface area (Å²) in [5.74, 6) is 0.976. The largest absolute Gasteiger partial charge is 0.472 e. The lowest BCUT2D eigenvalue weighted by molar-refractivity contribution is -0.161. The number of esters is 4. The van der Waals surface area contributed by atoms with Gasteiger partial charge in [-0.2, -0.15) is 0 Å². The van der Waals surface area contributed by atoms with E-state index in [1.54, 1.807) is 0 Å². The van der Waals surface area contributed by atoms with Crippen LogP contribution in [0.3, 0.4) is 0 Å². The summed E-state index contributed by atoms with van der Waals surface area (Å²) in [6, 6.07) is 0. The fourth-order valence-corrected chi connectivity index (χ4v) is 13.6. The van der Waals surface area contributed by atoms with Crippen LogP contribution in [0.4, 0.5) is 0 Å². The number of phosphoric acid groups is 2. The molecule has 3 unspecified atom stereocenters. The number of carbonyl (C=O) groups excluding carboxylic acids is 4. The van der Waals surface area contributed by atoms with E-state index in [0.717, 1.165) is 120 Å². The number of aliphatic hydroxyl groups excluding tert-OH is 1. The Balaban J connectivity index is 5.25. The minimum absolute atomic E-state index is 0.106. The van der Waals surface area contributed by atoms with Gasteiger partial charge in [0, 0.05) is 25.7 Å². The van der Waals surface area contributed by atoms with Crippen LogP contribution in [0.25, 0.3) is 0 Å². The minimum Gasteiger partial charge on any atom is -0.462 e. The van der Waals surface area contributed by atoms with E-state index in [-0.39, 0.29) is 25.7 Å². The smallest absolute Gasteiger partial charge is 0.462 e. The first-order chi connectivity index (χ1) is 47.1. The van der Waals surface area contributed by atoms with Crippen molar-refractivity contribution in [3.8, 4) is 0 Å². The maximum Gasteiger partial charge on any atom is 0.472 e. The van der Waals surface area contributed by atoms with Crippen molar-refractivity contribution in [3.05, 3.63) is 0 Å². The SMILES string of the molecule is CCC(C)CCCCCCCCC(=O)OC[C@H](COP(=O)(O)OC[C@H](O)COP(=O)(O)OC[C@@H](COC(=O)CCCCCCCCCCCCCCCCC(C)C)OC(=O)CCCCCCCCCCCCCCC(C)C)OC(=O)CCCCCCCCCCCCCCCC(C)C. The van der Waals surface area contributed by atoms with Gasteiger partial charge in [-0.15, -0.1) is 0 Å². The highest BCUT2D eigenvalue weighted by molar-refractivity contribution is 7.47. The topological polar surface area (TPSA) is 237 Å². The zero-order valence-electron chi connectivity index (χ0n) is 64.4. The molecule has 6 atom stereocenters. The van der Waals surface area contributed by atoms with E-state index in [2.05, 4.69) is 55.4 Å². The van der Waals surface area contributed by atoms with Gasteiger partial charge >= 0.3 is 39.5 Å². The monoisotopic (exact) mass is 1440 g/mol.